The summed E-state index contributed by atoms with van der Waals surface area (Å²) in [5.74, 6) is -0.863. The van der Waals surface area contributed by atoms with E-state index in [2.05, 4.69) is 5.10 Å². The van der Waals surface area contributed by atoms with Crippen molar-refractivity contribution >= 4 is 34.7 Å². The molecule has 0 aliphatic carbocycles. The molecular weight excluding hydrogens is 428 g/mol. The molecule has 0 radical (unpaired) electrons. The Balaban J connectivity index is 1.98. The van der Waals surface area contributed by atoms with Gasteiger partial charge in [0.05, 0.1) is 11.3 Å². The number of nitrogens with zero attached hydrogens (tertiary/aromatic N) is 3. The molecule has 2 aromatic heterocycles. The summed E-state index contributed by atoms with van der Waals surface area (Å²) in [6, 6.07) is 10.6. The zero-order valence-corrected chi connectivity index (χ0v) is 18.9. The van der Waals surface area contributed by atoms with Crippen LogP contribution in [0.3, 0.4) is 0 Å². The molecule has 7 nitrogen and oxygen atoms in total. The normalized spacial score (nSPS) is 14.1. The number of hydrogen-bond acceptors (Lipinski definition) is 3. The third-order valence-electron chi connectivity index (χ3n) is 5.51. The number of rotatable bonds is 6. The molecule has 0 saturated carbocycles. The van der Waals surface area contributed by atoms with Gasteiger partial charge in [0.15, 0.2) is 12.4 Å². The molecule has 0 saturated heterocycles. The monoisotopic (exact) mass is 451 g/mol. The van der Waals surface area contributed by atoms with Gasteiger partial charge >= 0.3 is 5.91 Å². The Hall–Kier alpha value is -3.45. The van der Waals surface area contributed by atoms with Gasteiger partial charge in [0.2, 0.25) is 0 Å². The van der Waals surface area contributed by atoms with Gasteiger partial charge in [-0.25, -0.2) is 4.68 Å². The molecule has 0 fully saturated rings. The van der Waals surface area contributed by atoms with E-state index >= 15 is 0 Å². The molecule has 164 valence electrons. The molecule has 3 aromatic rings. The van der Waals surface area contributed by atoms with E-state index < -0.39 is 17.4 Å². The summed E-state index contributed by atoms with van der Waals surface area (Å²) >= 11 is 6.10. The van der Waals surface area contributed by atoms with Crippen molar-refractivity contribution in [3.63, 3.8) is 0 Å². The standard InChI is InChI=1S/C24H23ClN4O3/c1-4-11-28-22(30)20(21(24(28)32)27-12-7-8-16(5-2)14-27)19-15(3)26-29(23(19)31)18-10-6-9-17(25)13-18/h6-10,12-14H,4-5,11H2,1-3H3/p+1. The summed E-state index contributed by atoms with van der Waals surface area (Å²) in [6.45, 7) is 5.91. The smallest absolute Gasteiger partial charge is 0.295 e. The molecule has 8 heteroatoms. The van der Waals surface area contributed by atoms with Crippen LogP contribution in [-0.4, -0.2) is 33.0 Å². The second kappa shape index (κ2) is 8.59. The summed E-state index contributed by atoms with van der Waals surface area (Å²) in [4.78, 5) is 41.4. The van der Waals surface area contributed by atoms with Crippen LogP contribution in [0.5, 0.6) is 0 Å². The SMILES string of the molecule is CCCN1C(=O)C(c2c(C)[nH]n(-c3cccc(Cl)c3)c2=O)=C([n+]2cccc(CC)c2)C1=O. The van der Waals surface area contributed by atoms with Crippen molar-refractivity contribution < 1.29 is 14.2 Å². The zero-order valence-electron chi connectivity index (χ0n) is 18.2. The van der Waals surface area contributed by atoms with E-state index in [1.807, 2.05) is 32.2 Å². The minimum Gasteiger partial charge on any atom is -0.295 e. The molecule has 0 spiro atoms. The molecule has 1 N–H and O–H groups in total. The Morgan fingerprint density at radius 3 is 2.53 bits per heavy atom. The minimum atomic E-state index is -0.460. The number of benzene rings is 1. The number of aromatic nitrogens is 3. The van der Waals surface area contributed by atoms with Crippen LogP contribution in [0.25, 0.3) is 17.0 Å². The van der Waals surface area contributed by atoms with E-state index in [1.165, 1.54) is 9.58 Å². The number of carbonyl (C=O) groups excluding carboxylic acids is 2. The number of nitrogens with one attached hydrogen (secondary N) is 1. The average Bonchev–Trinajstić information content (AvgIpc) is 3.20. The first-order valence-electron chi connectivity index (χ1n) is 10.6. The van der Waals surface area contributed by atoms with E-state index in [4.69, 9.17) is 11.6 Å². The number of halogens is 1. The minimum absolute atomic E-state index is 0.112. The van der Waals surface area contributed by atoms with Gasteiger partial charge < -0.3 is 0 Å². The van der Waals surface area contributed by atoms with Crippen LogP contribution in [0.15, 0.2) is 53.6 Å². The zero-order chi connectivity index (χ0) is 23.0. The van der Waals surface area contributed by atoms with Gasteiger partial charge in [0.25, 0.3) is 17.2 Å². The highest BCUT2D eigenvalue weighted by Crippen LogP contribution is 2.30. The van der Waals surface area contributed by atoms with Crippen LogP contribution in [0.4, 0.5) is 0 Å². The van der Waals surface area contributed by atoms with Crippen molar-refractivity contribution in [3.8, 4) is 5.69 Å². The van der Waals surface area contributed by atoms with Gasteiger partial charge in [-0.1, -0.05) is 31.5 Å². The molecule has 1 aliphatic heterocycles. The lowest BCUT2D eigenvalue weighted by Gasteiger charge is -2.11. The van der Waals surface area contributed by atoms with E-state index in [9.17, 15) is 14.4 Å². The second-order valence-electron chi connectivity index (χ2n) is 7.69. The van der Waals surface area contributed by atoms with Gasteiger partial charge in [-0.2, -0.15) is 4.57 Å². The Kier molecular flexibility index (Phi) is 5.84. The molecule has 0 atom stereocenters. The molecule has 1 aromatic carbocycles. The number of pyridine rings is 1. The lowest BCUT2D eigenvalue weighted by Crippen LogP contribution is -2.40. The van der Waals surface area contributed by atoms with Crippen LogP contribution in [-0.2, 0) is 16.0 Å². The molecule has 3 heterocycles. The molecule has 0 bridgehead atoms. The van der Waals surface area contributed by atoms with Crippen molar-refractivity contribution in [2.24, 2.45) is 0 Å². The lowest BCUT2D eigenvalue weighted by molar-refractivity contribution is -0.577. The van der Waals surface area contributed by atoms with Crippen LogP contribution in [0.2, 0.25) is 5.02 Å². The van der Waals surface area contributed by atoms with Crippen molar-refractivity contribution in [1.82, 2.24) is 14.7 Å². The maximum absolute atomic E-state index is 13.5. The van der Waals surface area contributed by atoms with E-state index in [0.717, 1.165) is 12.0 Å². The van der Waals surface area contributed by atoms with Crippen molar-refractivity contribution in [3.05, 3.63) is 81.0 Å². The first-order chi connectivity index (χ1) is 15.4. The predicted molar refractivity (Wildman–Crippen MR) is 122 cm³/mol. The summed E-state index contributed by atoms with van der Waals surface area (Å²) in [6.07, 6.45) is 4.95. The van der Waals surface area contributed by atoms with Crippen LogP contribution < -0.4 is 10.1 Å². The number of aromatic amines is 1. The fourth-order valence-corrected chi connectivity index (χ4v) is 4.15. The number of aryl methyl sites for hydroxylation is 2. The van der Waals surface area contributed by atoms with E-state index in [-0.39, 0.29) is 23.4 Å². The fourth-order valence-electron chi connectivity index (χ4n) is 3.97. The third kappa shape index (κ3) is 3.58. The average molecular weight is 452 g/mol. The lowest BCUT2D eigenvalue weighted by atomic mass is 10.1. The summed E-state index contributed by atoms with van der Waals surface area (Å²) in [7, 11) is 0. The first kappa shape index (κ1) is 21.8. The molecule has 1 aliphatic rings. The maximum Gasteiger partial charge on any atom is 0.326 e. The van der Waals surface area contributed by atoms with Crippen LogP contribution >= 0.6 is 11.6 Å². The molecule has 2 amide bonds. The number of hydrogen-bond donors (Lipinski definition) is 1. The van der Waals surface area contributed by atoms with Gasteiger partial charge in [-0.3, -0.25) is 24.4 Å². The van der Waals surface area contributed by atoms with Gasteiger partial charge in [-0.15, -0.1) is 0 Å². The maximum atomic E-state index is 13.5. The number of imide groups is 1. The summed E-state index contributed by atoms with van der Waals surface area (Å²) in [5.41, 5.74) is 2.12. The second-order valence-corrected chi connectivity index (χ2v) is 8.13. The number of carbonyl (C=O) groups is 2. The van der Waals surface area contributed by atoms with Crippen molar-refractivity contribution in [2.75, 3.05) is 6.54 Å². The van der Waals surface area contributed by atoms with Gasteiger partial charge in [-0.05, 0) is 44.0 Å². The fraction of sp³-hybridized carbons (Fsp3) is 0.250. The highest BCUT2D eigenvalue weighted by molar-refractivity contribution is 6.44. The predicted octanol–water partition coefficient (Wildman–Crippen LogP) is 3.12. The summed E-state index contributed by atoms with van der Waals surface area (Å²) < 4.78 is 2.99. The summed E-state index contributed by atoms with van der Waals surface area (Å²) in [5, 5.41) is 3.51. The quantitative estimate of drug-likeness (QED) is 0.462. The van der Waals surface area contributed by atoms with Gasteiger partial charge in [0, 0.05) is 28.9 Å². The van der Waals surface area contributed by atoms with Crippen molar-refractivity contribution in [2.45, 2.75) is 33.6 Å². The Morgan fingerprint density at radius 2 is 1.84 bits per heavy atom. The Labute approximate surface area is 190 Å². The van der Waals surface area contributed by atoms with Crippen LogP contribution in [0, 0.1) is 6.92 Å². The molecule has 32 heavy (non-hydrogen) atoms. The Bertz CT molecular complexity index is 1320. The van der Waals surface area contributed by atoms with Crippen molar-refractivity contribution in [1.29, 1.82) is 0 Å². The Morgan fingerprint density at radius 1 is 1.06 bits per heavy atom. The van der Waals surface area contributed by atoms with E-state index in [1.54, 1.807) is 42.0 Å². The highest BCUT2D eigenvalue weighted by Gasteiger charge is 2.46. The third-order valence-corrected chi connectivity index (χ3v) is 5.74. The van der Waals surface area contributed by atoms with E-state index in [0.29, 0.717) is 22.8 Å². The molecule has 4 rings (SSSR count). The first-order valence-corrected chi connectivity index (χ1v) is 10.9. The molecule has 0 unspecified atom stereocenters. The molecular formula is C24H24ClN4O3+. The largest absolute Gasteiger partial charge is 0.326 e. The number of amides is 2. The highest BCUT2D eigenvalue weighted by atomic mass is 35.5. The number of H-pyrrole nitrogens is 1. The topological polar surface area (TPSA) is 79.1 Å². The van der Waals surface area contributed by atoms with Gasteiger partial charge in [0.1, 0.15) is 5.57 Å². The van der Waals surface area contributed by atoms with Crippen LogP contribution in [0.1, 0.15) is 37.1 Å².